The summed E-state index contributed by atoms with van der Waals surface area (Å²) in [7, 11) is 0. The number of H-pyrrole nitrogens is 1. The van der Waals surface area contributed by atoms with Crippen molar-refractivity contribution >= 4 is 23.0 Å². The number of nitriles is 1. The Labute approximate surface area is 197 Å². The van der Waals surface area contributed by atoms with Gasteiger partial charge in [0.25, 0.3) is 5.91 Å². The van der Waals surface area contributed by atoms with E-state index in [4.69, 9.17) is 5.26 Å². The molecule has 10 nitrogen and oxygen atoms in total. The van der Waals surface area contributed by atoms with Crippen LogP contribution in [0.25, 0.3) is 22.6 Å². The Morgan fingerprint density at radius 2 is 2.03 bits per heavy atom. The van der Waals surface area contributed by atoms with Crippen molar-refractivity contribution in [3.05, 3.63) is 30.0 Å². The van der Waals surface area contributed by atoms with E-state index in [0.29, 0.717) is 18.7 Å². The quantitative estimate of drug-likeness (QED) is 0.549. The number of likely N-dealkylation sites (tertiary alicyclic amines) is 1. The van der Waals surface area contributed by atoms with E-state index in [2.05, 4.69) is 31.3 Å². The number of aryl methyl sites for hydroxylation is 1. The lowest BCUT2D eigenvalue weighted by molar-refractivity contribution is -0.141. The summed E-state index contributed by atoms with van der Waals surface area (Å²) in [6.45, 7) is 0.998. The summed E-state index contributed by atoms with van der Waals surface area (Å²) in [6, 6.07) is 1.43. The molecule has 4 heterocycles. The molecule has 1 unspecified atom stereocenters. The molecule has 182 valence electrons. The fourth-order valence-corrected chi connectivity index (χ4v) is 4.14. The Hall–Kier alpha value is -3.95. The van der Waals surface area contributed by atoms with Gasteiger partial charge in [-0.05, 0) is 25.7 Å². The zero-order valence-electron chi connectivity index (χ0n) is 18.6. The van der Waals surface area contributed by atoms with E-state index in [9.17, 15) is 22.8 Å². The monoisotopic (exact) mass is 486 g/mol. The van der Waals surface area contributed by atoms with Crippen molar-refractivity contribution in [3.63, 3.8) is 0 Å². The second kappa shape index (κ2) is 8.37. The number of aromatic amines is 1. The Kier molecular flexibility index (Phi) is 5.46. The number of halogens is 3. The summed E-state index contributed by atoms with van der Waals surface area (Å²) in [5, 5.41) is 11.8. The van der Waals surface area contributed by atoms with Gasteiger partial charge in [-0.3, -0.25) is 9.59 Å². The van der Waals surface area contributed by atoms with Gasteiger partial charge in [-0.15, -0.1) is 0 Å². The zero-order chi connectivity index (χ0) is 24.9. The van der Waals surface area contributed by atoms with Crippen molar-refractivity contribution in [2.24, 2.45) is 11.8 Å². The van der Waals surface area contributed by atoms with Gasteiger partial charge in [0.05, 0.1) is 23.7 Å². The third-order valence-electron chi connectivity index (χ3n) is 6.24. The highest BCUT2D eigenvalue weighted by atomic mass is 19.4. The minimum Gasteiger partial charge on any atom is -0.344 e. The summed E-state index contributed by atoms with van der Waals surface area (Å²) in [4.78, 5) is 43.2. The fraction of sp³-hybridized carbons (Fsp3) is 0.455. The number of hydrogen-bond acceptors (Lipinski definition) is 6. The number of carbonyl (C=O) groups excluding carboxylic acids is 2. The molecule has 0 spiro atoms. The molecule has 1 aliphatic heterocycles. The lowest BCUT2D eigenvalue weighted by Gasteiger charge is -2.37. The van der Waals surface area contributed by atoms with Gasteiger partial charge in [0.15, 0.2) is 5.65 Å². The van der Waals surface area contributed by atoms with E-state index in [1.165, 1.54) is 25.5 Å². The number of nitrogens with one attached hydrogen (secondary N) is 2. The lowest BCUT2D eigenvalue weighted by atomic mass is 9.99. The molecular formula is C22H21F3N8O2. The maximum absolute atomic E-state index is 13.1. The van der Waals surface area contributed by atoms with E-state index >= 15 is 0 Å². The number of fused-ring (bicyclic) bond motifs is 1. The van der Waals surface area contributed by atoms with Crippen LogP contribution in [-0.2, 0) is 11.3 Å². The summed E-state index contributed by atoms with van der Waals surface area (Å²) < 4.78 is 39.4. The molecule has 1 aliphatic carbocycles. The van der Waals surface area contributed by atoms with Crippen LogP contribution in [0.15, 0.2) is 18.6 Å². The van der Waals surface area contributed by atoms with E-state index < -0.39 is 24.7 Å². The number of aromatic nitrogens is 5. The van der Waals surface area contributed by atoms with Gasteiger partial charge in [-0.25, -0.2) is 15.0 Å². The maximum atomic E-state index is 13.1. The molecule has 0 aromatic carbocycles. The number of imidazole rings is 1. The summed E-state index contributed by atoms with van der Waals surface area (Å²) in [5.41, 5.74) is 1.12. The fourth-order valence-electron chi connectivity index (χ4n) is 4.14. The second-order valence-corrected chi connectivity index (χ2v) is 8.93. The number of hydrogen-bond donors (Lipinski definition) is 2. The molecule has 0 radical (unpaired) electrons. The van der Waals surface area contributed by atoms with Gasteiger partial charge in [-0.2, -0.15) is 18.4 Å². The molecule has 3 aromatic rings. The zero-order valence-corrected chi connectivity index (χ0v) is 18.6. The van der Waals surface area contributed by atoms with Gasteiger partial charge in [0.1, 0.15) is 35.3 Å². The van der Waals surface area contributed by atoms with E-state index in [0.717, 1.165) is 17.4 Å². The minimum atomic E-state index is -4.40. The molecule has 2 N–H and O–H groups in total. The molecule has 1 saturated heterocycles. The van der Waals surface area contributed by atoms with Crippen molar-refractivity contribution in [1.82, 2.24) is 34.7 Å². The van der Waals surface area contributed by atoms with Crippen molar-refractivity contribution in [2.45, 2.75) is 38.5 Å². The predicted octanol–water partition coefficient (Wildman–Crippen LogP) is 2.18. The summed E-state index contributed by atoms with van der Waals surface area (Å²) in [6.07, 6.45) is 1.29. The standard InChI is InChI=1S/C22H21F3N8O2/c1-11-29-16(9-33(11)10-22(23,24)25)15-6-28-19-18(30-15)14(5-27-19)20(34)31-17(13-2-3-13)21(35)32-7-12(4-26)8-32/h5-6,9,12-13,17H,2-3,7-8,10H2,1H3,(H,27,28)(H,31,34). The molecular weight excluding hydrogens is 465 g/mol. The van der Waals surface area contributed by atoms with Crippen molar-refractivity contribution in [3.8, 4) is 17.5 Å². The first-order valence-corrected chi connectivity index (χ1v) is 11.1. The van der Waals surface area contributed by atoms with Gasteiger partial charge in [0, 0.05) is 25.5 Å². The van der Waals surface area contributed by atoms with E-state index in [1.807, 2.05) is 0 Å². The molecule has 35 heavy (non-hydrogen) atoms. The molecule has 1 saturated carbocycles. The third kappa shape index (κ3) is 4.55. The van der Waals surface area contributed by atoms with Crippen LogP contribution in [0.4, 0.5) is 13.2 Å². The van der Waals surface area contributed by atoms with Crippen LogP contribution < -0.4 is 5.32 Å². The highest BCUT2D eigenvalue weighted by Crippen LogP contribution is 2.35. The van der Waals surface area contributed by atoms with Gasteiger partial charge < -0.3 is 19.8 Å². The Morgan fingerprint density at radius 1 is 1.29 bits per heavy atom. The molecule has 3 aromatic heterocycles. The molecule has 2 fully saturated rings. The molecule has 2 aliphatic rings. The first-order valence-electron chi connectivity index (χ1n) is 11.1. The Morgan fingerprint density at radius 3 is 2.69 bits per heavy atom. The molecule has 1 atom stereocenters. The SMILES string of the molecule is Cc1nc(-c2cnc3[nH]cc(C(=O)NC(C(=O)N4CC(C#N)C4)C4CC4)c3n2)cn1CC(F)(F)F. The van der Waals surface area contributed by atoms with Crippen LogP contribution in [0.3, 0.4) is 0 Å². The molecule has 5 rings (SSSR count). The molecule has 13 heteroatoms. The number of rotatable bonds is 6. The second-order valence-electron chi connectivity index (χ2n) is 8.93. The van der Waals surface area contributed by atoms with E-state index in [1.54, 1.807) is 4.90 Å². The van der Waals surface area contributed by atoms with Crippen LogP contribution >= 0.6 is 0 Å². The average Bonchev–Trinajstić information content (AvgIpc) is 3.42. The molecule has 0 bridgehead atoms. The van der Waals surface area contributed by atoms with Crippen LogP contribution in [-0.4, -0.2) is 66.5 Å². The normalized spacial score (nSPS) is 17.2. The number of nitrogens with zero attached hydrogens (tertiary/aromatic N) is 6. The average molecular weight is 486 g/mol. The van der Waals surface area contributed by atoms with Crippen molar-refractivity contribution < 1.29 is 22.8 Å². The number of carbonyl (C=O) groups is 2. The van der Waals surface area contributed by atoms with Crippen LogP contribution in [0.2, 0.25) is 0 Å². The largest absolute Gasteiger partial charge is 0.406 e. The van der Waals surface area contributed by atoms with Gasteiger partial charge in [0.2, 0.25) is 5.91 Å². The smallest absolute Gasteiger partial charge is 0.344 e. The van der Waals surface area contributed by atoms with Crippen molar-refractivity contribution in [1.29, 1.82) is 5.26 Å². The number of amides is 2. The maximum Gasteiger partial charge on any atom is 0.406 e. The van der Waals surface area contributed by atoms with Crippen molar-refractivity contribution in [2.75, 3.05) is 13.1 Å². The van der Waals surface area contributed by atoms with E-state index in [-0.39, 0.29) is 46.0 Å². The molecule has 2 amide bonds. The minimum absolute atomic E-state index is 0.0417. The summed E-state index contributed by atoms with van der Waals surface area (Å²) >= 11 is 0. The van der Waals surface area contributed by atoms with Crippen LogP contribution in [0.5, 0.6) is 0 Å². The topological polar surface area (TPSA) is 133 Å². The van der Waals surface area contributed by atoms with Gasteiger partial charge in [-0.1, -0.05) is 0 Å². The first-order chi connectivity index (χ1) is 16.6. The van der Waals surface area contributed by atoms with Crippen LogP contribution in [0, 0.1) is 30.1 Å². The highest BCUT2D eigenvalue weighted by Gasteiger charge is 2.43. The summed E-state index contributed by atoms with van der Waals surface area (Å²) in [5.74, 6) is -0.685. The van der Waals surface area contributed by atoms with Crippen LogP contribution in [0.1, 0.15) is 29.0 Å². The number of alkyl halides is 3. The van der Waals surface area contributed by atoms with Gasteiger partial charge >= 0.3 is 6.18 Å². The lowest BCUT2D eigenvalue weighted by Crippen LogP contribution is -2.57. The first kappa shape index (κ1) is 22.8. The predicted molar refractivity (Wildman–Crippen MR) is 116 cm³/mol. The Balaban J connectivity index is 1.38. The highest BCUT2D eigenvalue weighted by molar-refractivity contribution is 6.06. The Bertz CT molecular complexity index is 1340. The third-order valence-corrected chi connectivity index (χ3v) is 6.24.